The van der Waals surface area contributed by atoms with Crippen LogP contribution in [-0.4, -0.2) is 80.7 Å². The first-order chi connectivity index (χ1) is 15.5. The number of carbonyl (C=O) groups excluding carboxylic acids is 3. The smallest absolute Gasteiger partial charge is 0.247 e. The van der Waals surface area contributed by atoms with Crippen LogP contribution in [0.3, 0.4) is 0 Å². The molecule has 2 unspecified atom stereocenters. The molecule has 0 saturated carbocycles. The lowest BCUT2D eigenvalue weighted by molar-refractivity contribution is -0.142. The van der Waals surface area contributed by atoms with Gasteiger partial charge in [-0.05, 0) is 31.4 Å². The van der Waals surface area contributed by atoms with Crippen molar-refractivity contribution in [2.24, 2.45) is 11.8 Å². The van der Waals surface area contributed by atoms with Gasteiger partial charge in [-0.2, -0.15) is 0 Å². The maximum atomic E-state index is 13.5. The van der Waals surface area contributed by atoms with E-state index in [0.717, 1.165) is 5.52 Å². The third kappa shape index (κ3) is 2.91. The van der Waals surface area contributed by atoms with Gasteiger partial charge in [0.1, 0.15) is 23.8 Å². The van der Waals surface area contributed by atoms with Gasteiger partial charge in [0.15, 0.2) is 0 Å². The normalized spacial score (nSPS) is 30.7. The molecule has 3 N–H and O–H groups in total. The second-order valence-electron chi connectivity index (χ2n) is 8.56. The number of fused-ring (bicyclic) bond motifs is 2. The highest BCUT2D eigenvalue weighted by atomic mass is 16.5. The standard InChI is InChI=1S/C21H26N6O5/c1-22-18(29)15-14-7-8-21(32-14)16(15)20(31)26(9-4-10-28)17(21)19(30)23-11-27-13-6-3-2-5-12(13)24-25-27/h2-3,5-6,14-17,28H,4,7-11H2,1H3,(H,22,29)(H,23,30)/t14-,15+,16+,17?,21?/m1/s1. The summed E-state index contributed by atoms with van der Waals surface area (Å²) in [6, 6.07) is 6.54. The van der Waals surface area contributed by atoms with E-state index in [4.69, 9.17) is 4.74 Å². The molecule has 3 aliphatic rings. The van der Waals surface area contributed by atoms with E-state index in [0.29, 0.717) is 24.8 Å². The van der Waals surface area contributed by atoms with Crippen LogP contribution in [0.15, 0.2) is 24.3 Å². The van der Waals surface area contributed by atoms with Crippen molar-refractivity contribution >= 4 is 28.8 Å². The molecule has 2 aromatic rings. The first kappa shape index (κ1) is 20.8. The molecule has 4 heterocycles. The molecule has 3 aliphatic heterocycles. The lowest BCUT2D eigenvalue weighted by Crippen LogP contribution is -2.55. The number of para-hydroxylation sites is 1. The zero-order valence-electron chi connectivity index (χ0n) is 17.7. The number of hydrogen-bond acceptors (Lipinski definition) is 7. The van der Waals surface area contributed by atoms with Gasteiger partial charge in [0.05, 0.1) is 23.5 Å². The Morgan fingerprint density at radius 3 is 2.91 bits per heavy atom. The highest BCUT2D eigenvalue weighted by molar-refractivity contribution is 5.98. The Labute approximate surface area is 184 Å². The number of rotatable bonds is 7. The predicted octanol–water partition coefficient (Wildman–Crippen LogP) is -0.992. The van der Waals surface area contributed by atoms with Crippen molar-refractivity contribution in [2.45, 2.75) is 43.7 Å². The van der Waals surface area contributed by atoms with E-state index < -0.39 is 23.5 Å². The molecule has 0 radical (unpaired) electrons. The molecule has 32 heavy (non-hydrogen) atoms. The number of aliphatic hydroxyl groups excluding tert-OH is 1. The minimum atomic E-state index is -1.04. The third-order valence-corrected chi connectivity index (χ3v) is 6.98. The molecule has 2 bridgehead atoms. The molecule has 11 heteroatoms. The monoisotopic (exact) mass is 442 g/mol. The zero-order chi connectivity index (χ0) is 22.5. The number of aliphatic hydroxyl groups is 1. The number of nitrogens with one attached hydrogen (secondary N) is 2. The second-order valence-corrected chi connectivity index (χ2v) is 8.56. The van der Waals surface area contributed by atoms with Crippen LogP contribution < -0.4 is 10.6 Å². The van der Waals surface area contributed by atoms with E-state index in [1.807, 2.05) is 24.3 Å². The summed E-state index contributed by atoms with van der Waals surface area (Å²) in [6.45, 7) is 0.191. The summed E-state index contributed by atoms with van der Waals surface area (Å²) >= 11 is 0. The van der Waals surface area contributed by atoms with Gasteiger partial charge in [-0.15, -0.1) is 5.10 Å². The van der Waals surface area contributed by atoms with Crippen molar-refractivity contribution in [3.8, 4) is 0 Å². The molecule has 1 spiro atoms. The molecule has 5 atom stereocenters. The van der Waals surface area contributed by atoms with Crippen molar-refractivity contribution in [1.82, 2.24) is 30.5 Å². The van der Waals surface area contributed by atoms with Crippen LogP contribution in [0.5, 0.6) is 0 Å². The minimum absolute atomic E-state index is 0.0843. The van der Waals surface area contributed by atoms with Crippen LogP contribution in [0.4, 0.5) is 0 Å². The van der Waals surface area contributed by atoms with E-state index in [2.05, 4.69) is 20.9 Å². The molecule has 0 aliphatic carbocycles. The molecule has 1 aromatic heterocycles. The average Bonchev–Trinajstić information content (AvgIpc) is 3.55. The van der Waals surface area contributed by atoms with Crippen LogP contribution >= 0.6 is 0 Å². The third-order valence-electron chi connectivity index (χ3n) is 6.98. The highest BCUT2D eigenvalue weighted by Crippen LogP contribution is 2.58. The molecule has 170 valence electrons. The van der Waals surface area contributed by atoms with Crippen molar-refractivity contribution in [3.63, 3.8) is 0 Å². The van der Waals surface area contributed by atoms with Crippen molar-refractivity contribution in [1.29, 1.82) is 0 Å². The highest BCUT2D eigenvalue weighted by Gasteiger charge is 2.74. The van der Waals surface area contributed by atoms with Gasteiger partial charge in [-0.25, -0.2) is 4.68 Å². The number of ether oxygens (including phenoxy) is 1. The summed E-state index contributed by atoms with van der Waals surface area (Å²) in [5, 5.41) is 23.0. The van der Waals surface area contributed by atoms with Gasteiger partial charge < -0.3 is 25.4 Å². The van der Waals surface area contributed by atoms with E-state index >= 15 is 0 Å². The predicted molar refractivity (Wildman–Crippen MR) is 111 cm³/mol. The Kier molecular flexibility index (Phi) is 5.09. The Balaban J connectivity index is 1.43. The van der Waals surface area contributed by atoms with Crippen LogP contribution in [-0.2, 0) is 25.8 Å². The van der Waals surface area contributed by atoms with E-state index in [9.17, 15) is 19.5 Å². The number of amides is 3. The summed E-state index contributed by atoms with van der Waals surface area (Å²) in [4.78, 5) is 40.9. The quantitative estimate of drug-likeness (QED) is 0.500. The molecular weight excluding hydrogens is 416 g/mol. The Bertz CT molecular complexity index is 1070. The Morgan fingerprint density at radius 1 is 1.31 bits per heavy atom. The fourth-order valence-corrected chi connectivity index (χ4v) is 5.69. The molecular formula is C21H26N6O5. The van der Waals surface area contributed by atoms with Gasteiger partial charge in [-0.1, -0.05) is 17.3 Å². The van der Waals surface area contributed by atoms with Crippen LogP contribution in [0.25, 0.3) is 11.0 Å². The van der Waals surface area contributed by atoms with Gasteiger partial charge in [-0.3, -0.25) is 14.4 Å². The maximum Gasteiger partial charge on any atom is 0.247 e. The summed E-state index contributed by atoms with van der Waals surface area (Å²) in [5.74, 6) is -2.19. The van der Waals surface area contributed by atoms with Gasteiger partial charge >= 0.3 is 0 Å². The zero-order valence-corrected chi connectivity index (χ0v) is 17.7. The van der Waals surface area contributed by atoms with Crippen molar-refractivity contribution < 1.29 is 24.2 Å². The molecule has 11 nitrogen and oxygen atoms in total. The first-order valence-corrected chi connectivity index (χ1v) is 10.9. The molecule has 3 saturated heterocycles. The summed E-state index contributed by atoms with van der Waals surface area (Å²) in [7, 11) is 1.54. The number of hydrogen-bond donors (Lipinski definition) is 3. The second kappa shape index (κ2) is 7.82. The minimum Gasteiger partial charge on any atom is -0.396 e. The van der Waals surface area contributed by atoms with Gasteiger partial charge in [0.2, 0.25) is 17.7 Å². The Hall–Kier alpha value is -3.05. The molecule has 3 fully saturated rings. The van der Waals surface area contributed by atoms with Gasteiger partial charge in [0.25, 0.3) is 0 Å². The largest absolute Gasteiger partial charge is 0.396 e. The van der Waals surface area contributed by atoms with Crippen molar-refractivity contribution in [3.05, 3.63) is 24.3 Å². The average molecular weight is 442 g/mol. The van der Waals surface area contributed by atoms with Crippen LogP contribution in [0.2, 0.25) is 0 Å². The molecule has 3 amide bonds. The fourth-order valence-electron chi connectivity index (χ4n) is 5.69. The number of aromatic nitrogens is 3. The summed E-state index contributed by atoms with van der Waals surface area (Å²) in [5.41, 5.74) is 0.455. The van der Waals surface area contributed by atoms with E-state index in [-0.39, 0.29) is 43.6 Å². The van der Waals surface area contributed by atoms with Crippen molar-refractivity contribution in [2.75, 3.05) is 20.2 Å². The molecule has 5 rings (SSSR count). The summed E-state index contributed by atoms with van der Waals surface area (Å²) in [6.07, 6.45) is 1.10. The first-order valence-electron chi connectivity index (χ1n) is 10.9. The van der Waals surface area contributed by atoms with Crippen LogP contribution in [0.1, 0.15) is 19.3 Å². The number of carbonyl (C=O) groups is 3. The lowest BCUT2D eigenvalue weighted by atomic mass is 9.70. The van der Waals surface area contributed by atoms with Gasteiger partial charge in [0, 0.05) is 20.2 Å². The summed E-state index contributed by atoms with van der Waals surface area (Å²) < 4.78 is 7.84. The van der Waals surface area contributed by atoms with E-state index in [1.54, 1.807) is 4.68 Å². The number of benzene rings is 1. The maximum absolute atomic E-state index is 13.5. The lowest BCUT2D eigenvalue weighted by Gasteiger charge is -2.33. The number of likely N-dealkylation sites (tertiary alicyclic amines) is 1. The topological polar surface area (TPSA) is 139 Å². The SMILES string of the molecule is CNC(=O)[C@@H]1[C@H]2C(=O)N(CCCO)C(C(=O)NCn3nnc4ccccc43)C23CC[C@H]1O3. The Morgan fingerprint density at radius 2 is 2.12 bits per heavy atom. The number of nitrogens with zero attached hydrogens (tertiary/aromatic N) is 4. The van der Waals surface area contributed by atoms with Crippen LogP contribution in [0, 0.1) is 11.8 Å². The van der Waals surface area contributed by atoms with E-state index in [1.165, 1.54) is 11.9 Å². The molecule has 1 aromatic carbocycles. The fraction of sp³-hybridized carbons (Fsp3) is 0.571.